The summed E-state index contributed by atoms with van der Waals surface area (Å²) in [5, 5.41) is 0.0342. The van der Waals surface area contributed by atoms with Crippen molar-refractivity contribution in [2.24, 2.45) is 0 Å². The van der Waals surface area contributed by atoms with Crippen LogP contribution in [0.5, 0.6) is 5.75 Å². The lowest BCUT2D eigenvalue weighted by molar-refractivity contribution is 0.338. The second-order valence-corrected chi connectivity index (χ2v) is 4.25. The summed E-state index contributed by atoms with van der Waals surface area (Å²) in [4.78, 5) is 0. The third-order valence-corrected chi connectivity index (χ3v) is 2.59. The van der Waals surface area contributed by atoms with E-state index in [2.05, 4.69) is 15.9 Å². The van der Waals surface area contributed by atoms with Crippen molar-refractivity contribution < 1.29 is 4.74 Å². The van der Waals surface area contributed by atoms with Crippen molar-refractivity contribution in [2.75, 3.05) is 6.61 Å². The van der Waals surface area contributed by atoms with Gasteiger partial charge in [-0.15, -0.1) is 11.6 Å². The molecule has 0 heterocycles. The minimum Gasteiger partial charge on any atom is -0.493 e. The zero-order valence-electron chi connectivity index (χ0n) is 7.68. The molecule has 0 spiro atoms. The lowest BCUT2D eigenvalue weighted by atomic mass is 10.2. The van der Waals surface area contributed by atoms with E-state index >= 15 is 0 Å². The number of benzene rings is 1. The van der Waals surface area contributed by atoms with E-state index in [1.807, 2.05) is 32.0 Å². The average molecular weight is 264 g/mol. The van der Waals surface area contributed by atoms with Gasteiger partial charge in [0.25, 0.3) is 0 Å². The normalized spacial score (nSPS) is 12.6. The Bertz CT molecular complexity index is 286. The van der Waals surface area contributed by atoms with E-state index in [0.29, 0.717) is 6.61 Å². The Kier molecular flexibility index (Phi) is 4.07. The van der Waals surface area contributed by atoms with Gasteiger partial charge in [0, 0.05) is 0 Å². The van der Waals surface area contributed by atoms with E-state index in [-0.39, 0.29) is 5.38 Å². The molecule has 0 saturated carbocycles. The summed E-state index contributed by atoms with van der Waals surface area (Å²) in [5.74, 6) is 0.864. The molecule has 0 aliphatic rings. The van der Waals surface area contributed by atoms with Crippen LogP contribution in [0.2, 0.25) is 0 Å². The van der Waals surface area contributed by atoms with Crippen LogP contribution in [0, 0.1) is 0 Å². The molecule has 13 heavy (non-hydrogen) atoms. The van der Waals surface area contributed by atoms with Gasteiger partial charge in [-0.25, -0.2) is 0 Å². The molecule has 1 aromatic carbocycles. The zero-order chi connectivity index (χ0) is 9.84. The van der Waals surface area contributed by atoms with Crippen LogP contribution in [0.25, 0.3) is 0 Å². The van der Waals surface area contributed by atoms with E-state index in [4.69, 9.17) is 16.3 Å². The average Bonchev–Trinajstić information content (AvgIpc) is 2.08. The molecule has 1 rings (SSSR count). The van der Waals surface area contributed by atoms with Gasteiger partial charge in [-0.1, -0.05) is 6.07 Å². The van der Waals surface area contributed by atoms with Crippen molar-refractivity contribution >= 4 is 27.5 Å². The van der Waals surface area contributed by atoms with Gasteiger partial charge in [-0.05, 0) is 47.5 Å². The first-order valence-electron chi connectivity index (χ1n) is 4.21. The highest BCUT2D eigenvalue weighted by molar-refractivity contribution is 9.10. The van der Waals surface area contributed by atoms with Crippen LogP contribution in [0.1, 0.15) is 24.8 Å². The van der Waals surface area contributed by atoms with Gasteiger partial charge < -0.3 is 4.74 Å². The summed E-state index contributed by atoms with van der Waals surface area (Å²) in [5.41, 5.74) is 1.09. The van der Waals surface area contributed by atoms with Crippen LogP contribution in [0.4, 0.5) is 0 Å². The summed E-state index contributed by atoms with van der Waals surface area (Å²) >= 11 is 9.38. The summed E-state index contributed by atoms with van der Waals surface area (Å²) in [6.45, 7) is 4.59. The quantitative estimate of drug-likeness (QED) is 0.745. The second kappa shape index (κ2) is 4.87. The van der Waals surface area contributed by atoms with Crippen LogP contribution in [0.3, 0.4) is 0 Å². The number of hydrogen-bond acceptors (Lipinski definition) is 1. The summed E-state index contributed by atoms with van der Waals surface area (Å²) in [6.07, 6.45) is 0. The van der Waals surface area contributed by atoms with Gasteiger partial charge in [0.2, 0.25) is 0 Å². The van der Waals surface area contributed by atoms with Gasteiger partial charge in [0.15, 0.2) is 0 Å². The first-order chi connectivity index (χ1) is 6.15. The first kappa shape index (κ1) is 10.9. The third-order valence-electron chi connectivity index (χ3n) is 1.72. The highest BCUT2D eigenvalue weighted by atomic mass is 79.9. The number of ether oxygens (including phenoxy) is 1. The molecule has 1 aromatic rings. The van der Waals surface area contributed by atoms with E-state index < -0.39 is 0 Å². The molecular formula is C10H12BrClO. The highest BCUT2D eigenvalue weighted by Crippen LogP contribution is 2.30. The Morgan fingerprint density at radius 3 is 2.69 bits per heavy atom. The maximum atomic E-state index is 5.94. The number of hydrogen-bond donors (Lipinski definition) is 0. The molecule has 0 saturated heterocycles. The minimum atomic E-state index is 0.0342. The molecule has 0 fully saturated rings. The van der Waals surface area contributed by atoms with Crippen molar-refractivity contribution in [2.45, 2.75) is 19.2 Å². The zero-order valence-corrected chi connectivity index (χ0v) is 10.0. The lowest BCUT2D eigenvalue weighted by Gasteiger charge is -2.08. The SMILES string of the molecule is CCOc1ccc(C(C)Cl)cc1Br. The van der Waals surface area contributed by atoms with Crippen molar-refractivity contribution in [3.63, 3.8) is 0 Å². The Balaban J connectivity index is 2.92. The van der Waals surface area contributed by atoms with Crippen LogP contribution in [0.15, 0.2) is 22.7 Å². The maximum absolute atomic E-state index is 5.94. The van der Waals surface area contributed by atoms with E-state index in [1.165, 1.54) is 0 Å². The molecule has 0 amide bonds. The second-order valence-electron chi connectivity index (χ2n) is 2.74. The van der Waals surface area contributed by atoms with E-state index in [0.717, 1.165) is 15.8 Å². The number of halogens is 2. The van der Waals surface area contributed by atoms with Gasteiger partial charge in [-0.3, -0.25) is 0 Å². The fourth-order valence-corrected chi connectivity index (χ4v) is 1.68. The standard InChI is InChI=1S/C10H12BrClO/c1-3-13-10-5-4-8(7(2)12)6-9(10)11/h4-7H,3H2,1-2H3. The fourth-order valence-electron chi connectivity index (χ4n) is 1.04. The number of alkyl halides is 1. The molecular weight excluding hydrogens is 251 g/mol. The maximum Gasteiger partial charge on any atom is 0.133 e. The van der Waals surface area contributed by atoms with Crippen molar-refractivity contribution in [1.82, 2.24) is 0 Å². The van der Waals surface area contributed by atoms with Gasteiger partial charge in [0.05, 0.1) is 16.5 Å². The third kappa shape index (κ3) is 2.89. The van der Waals surface area contributed by atoms with E-state index in [1.54, 1.807) is 0 Å². The smallest absolute Gasteiger partial charge is 0.133 e. The monoisotopic (exact) mass is 262 g/mol. The summed E-state index contributed by atoms with van der Waals surface area (Å²) < 4.78 is 6.34. The molecule has 0 aliphatic heterocycles. The van der Waals surface area contributed by atoms with Crippen molar-refractivity contribution in [3.05, 3.63) is 28.2 Å². The Morgan fingerprint density at radius 1 is 1.54 bits per heavy atom. The van der Waals surface area contributed by atoms with Crippen LogP contribution in [-0.2, 0) is 0 Å². The highest BCUT2D eigenvalue weighted by Gasteiger charge is 2.05. The fraction of sp³-hybridized carbons (Fsp3) is 0.400. The van der Waals surface area contributed by atoms with Crippen LogP contribution < -0.4 is 4.74 Å². The molecule has 0 N–H and O–H groups in total. The van der Waals surface area contributed by atoms with E-state index in [9.17, 15) is 0 Å². The molecule has 1 unspecified atom stereocenters. The Hall–Kier alpha value is -0.210. The predicted molar refractivity (Wildman–Crippen MR) is 59.6 cm³/mol. The summed E-state index contributed by atoms with van der Waals surface area (Å²) in [6, 6.07) is 5.90. The Morgan fingerprint density at radius 2 is 2.23 bits per heavy atom. The van der Waals surface area contributed by atoms with Gasteiger partial charge >= 0.3 is 0 Å². The largest absolute Gasteiger partial charge is 0.493 e. The first-order valence-corrected chi connectivity index (χ1v) is 5.44. The molecule has 0 aromatic heterocycles. The lowest BCUT2D eigenvalue weighted by Crippen LogP contribution is -1.93. The predicted octanol–water partition coefficient (Wildman–Crippen LogP) is 4.15. The minimum absolute atomic E-state index is 0.0342. The van der Waals surface area contributed by atoms with Crippen molar-refractivity contribution in [3.8, 4) is 5.75 Å². The molecule has 1 nitrogen and oxygen atoms in total. The molecule has 0 aliphatic carbocycles. The molecule has 3 heteroatoms. The molecule has 1 atom stereocenters. The van der Waals surface area contributed by atoms with Crippen LogP contribution >= 0.6 is 27.5 Å². The molecule has 0 radical (unpaired) electrons. The van der Waals surface area contributed by atoms with Crippen molar-refractivity contribution in [1.29, 1.82) is 0 Å². The molecule has 0 bridgehead atoms. The topological polar surface area (TPSA) is 9.23 Å². The summed E-state index contributed by atoms with van der Waals surface area (Å²) in [7, 11) is 0. The molecule has 72 valence electrons. The van der Waals surface area contributed by atoms with Gasteiger partial charge in [-0.2, -0.15) is 0 Å². The van der Waals surface area contributed by atoms with Crippen LogP contribution in [-0.4, -0.2) is 6.61 Å². The Labute approximate surface area is 92.2 Å². The van der Waals surface area contributed by atoms with Gasteiger partial charge in [0.1, 0.15) is 5.75 Å². The number of rotatable bonds is 3.